The molecule has 0 fully saturated rings. The van der Waals surface area contributed by atoms with E-state index in [0.29, 0.717) is 0 Å². The van der Waals surface area contributed by atoms with Gasteiger partial charge in [0, 0.05) is 22.8 Å². The summed E-state index contributed by atoms with van der Waals surface area (Å²) >= 11 is 0. The normalized spacial score (nSPS) is 21.2. The van der Waals surface area contributed by atoms with Crippen LogP contribution in [0.4, 0.5) is 0 Å². The van der Waals surface area contributed by atoms with Gasteiger partial charge in [-0.05, 0) is 76.9 Å². The van der Waals surface area contributed by atoms with E-state index in [-0.39, 0.29) is 11.6 Å². The summed E-state index contributed by atoms with van der Waals surface area (Å²) in [5, 5.41) is 5.07. The van der Waals surface area contributed by atoms with E-state index in [4.69, 9.17) is 4.99 Å². The highest BCUT2D eigenvalue weighted by Crippen LogP contribution is 2.58. The van der Waals surface area contributed by atoms with Crippen LogP contribution in [0.25, 0.3) is 32.9 Å². The van der Waals surface area contributed by atoms with Crippen molar-refractivity contribution in [3.05, 3.63) is 191 Å². The van der Waals surface area contributed by atoms with Crippen LogP contribution >= 0.6 is 0 Å². The van der Waals surface area contributed by atoms with Crippen LogP contribution in [0.5, 0.6) is 0 Å². The van der Waals surface area contributed by atoms with Crippen LogP contribution in [0.15, 0.2) is 174 Å². The second-order valence-electron chi connectivity index (χ2n) is 13.4. The van der Waals surface area contributed by atoms with Gasteiger partial charge in [-0.2, -0.15) is 0 Å². The summed E-state index contributed by atoms with van der Waals surface area (Å²) in [7, 11) is 0. The highest BCUT2D eigenvalue weighted by molar-refractivity contribution is 6.13. The van der Waals surface area contributed by atoms with Gasteiger partial charge < -0.3 is 0 Å². The first kappa shape index (κ1) is 27.6. The van der Waals surface area contributed by atoms with Gasteiger partial charge in [-0.3, -0.25) is 9.88 Å². The first-order valence-electron chi connectivity index (χ1n) is 17.3. The van der Waals surface area contributed by atoms with Crippen LogP contribution in [0.2, 0.25) is 0 Å². The molecule has 6 aromatic rings. The molecule has 4 aliphatic rings. The summed E-state index contributed by atoms with van der Waals surface area (Å²) in [6.07, 6.45) is 15.9. The number of aromatic nitrogens is 1. The summed E-state index contributed by atoms with van der Waals surface area (Å²) < 4.78 is 2.57. The Morgan fingerprint density at radius 3 is 2.27 bits per heavy atom. The van der Waals surface area contributed by atoms with Crippen molar-refractivity contribution in [1.29, 1.82) is 0 Å². The van der Waals surface area contributed by atoms with E-state index in [2.05, 4.69) is 162 Å². The number of benzene rings is 5. The van der Waals surface area contributed by atoms with Crippen LogP contribution in [-0.4, -0.2) is 10.3 Å². The zero-order valence-corrected chi connectivity index (χ0v) is 26.8. The van der Waals surface area contributed by atoms with Crippen molar-refractivity contribution < 1.29 is 5.32 Å². The maximum absolute atomic E-state index is 5.40. The number of nitrogens with zero attached hydrogens (tertiary/aromatic N) is 2. The summed E-state index contributed by atoms with van der Waals surface area (Å²) in [5.41, 5.74) is 14.9. The molecule has 1 aromatic heterocycles. The Kier molecular flexibility index (Phi) is 6.19. The highest BCUT2D eigenvalue weighted by atomic mass is 15.2. The quantitative estimate of drug-likeness (QED) is 0.204. The van der Waals surface area contributed by atoms with Crippen LogP contribution in [0.3, 0.4) is 0 Å². The van der Waals surface area contributed by atoms with E-state index in [9.17, 15) is 0 Å². The molecule has 0 saturated heterocycles. The van der Waals surface area contributed by atoms with Crippen molar-refractivity contribution in [2.24, 2.45) is 4.99 Å². The monoisotopic (exact) mass is 618 g/mol. The Morgan fingerprint density at radius 2 is 1.42 bits per heavy atom. The predicted octanol–water partition coefficient (Wildman–Crippen LogP) is 9.51. The Labute approximate surface area is 281 Å². The van der Waals surface area contributed by atoms with Crippen molar-refractivity contribution in [2.75, 3.05) is 0 Å². The first-order chi connectivity index (χ1) is 23.8. The molecule has 5 aromatic carbocycles. The summed E-state index contributed by atoms with van der Waals surface area (Å²) in [6.45, 7) is 0. The molecular formula is C45H36N3+. The molecule has 2 atom stereocenters. The van der Waals surface area contributed by atoms with Gasteiger partial charge in [0.1, 0.15) is 17.1 Å². The molecule has 48 heavy (non-hydrogen) atoms. The van der Waals surface area contributed by atoms with Crippen molar-refractivity contribution in [3.8, 4) is 11.1 Å². The maximum Gasteiger partial charge on any atom is 0.214 e. The van der Waals surface area contributed by atoms with E-state index in [1.165, 1.54) is 66.5 Å². The Bertz CT molecular complexity index is 2420. The Hall–Kier alpha value is -5.51. The lowest BCUT2D eigenvalue weighted by atomic mass is 9.66. The van der Waals surface area contributed by atoms with Crippen molar-refractivity contribution in [3.63, 3.8) is 0 Å². The molecule has 2 heterocycles. The number of para-hydroxylation sites is 1. The predicted molar refractivity (Wildman–Crippen MR) is 197 cm³/mol. The largest absolute Gasteiger partial charge is 0.290 e. The number of aliphatic imine (C=N–C) groups is 1. The fourth-order valence-corrected chi connectivity index (χ4v) is 8.89. The summed E-state index contributed by atoms with van der Waals surface area (Å²) in [4.78, 5) is 5.40. The first-order valence-corrected chi connectivity index (χ1v) is 17.3. The lowest BCUT2D eigenvalue weighted by Crippen LogP contribution is -2.87. The third-order valence-corrected chi connectivity index (χ3v) is 10.9. The second-order valence-corrected chi connectivity index (χ2v) is 13.4. The van der Waals surface area contributed by atoms with Crippen LogP contribution in [0.1, 0.15) is 54.1 Å². The standard InChI is InChI=1S/C45H35N3/c1-4-16-30(17-5-1)43-44(47-40-26-14-13-25-39(40)46-43)48-41-27-15-11-23-34(41)36-28-38-35(29-42(36)48)33-22-10-12-24-37(33)45(38,31-18-6-2-7-19-31)32-20-8-3-9-21-32/h1-2,4-8,10-13,15-25,27-29,44,47H,3,9,14,26H2/p+1. The number of quaternary nitrogens is 1. The number of nitrogens with two attached hydrogens (primary N) is 1. The zero-order chi connectivity index (χ0) is 31.7. The molecule has 10 rings (SSSR count). The molecular weight excluding hydrogens is 583 g/mol. The average molecular weight is 619 g/mol. The van der Waals surface area contributed by atoms with Gasteiger partial charge in [-0.15, -0.1) is 0 Å². The molecule has 0 bridgehead atoms. The smallest absolute Gasteiger partial charge is 0.214 e. The number of fused-ring (bicyclic) bond motifs is 6. The van der Waals surface area contributed by atoms with Crippen molar-refractivity contribution in [1.82, 2.24) is 4.57 Å². The van der Waals surface area contributed by atoms with Gasteiger partial charge in [0.05, 0.1) is 16.4 Å². The van der Waals surface area contributed by atoms with Crippen molar-refractivity contribution >= 4 is 27.5 Å². The van der Waals surface area contributed by atoms with E-state index in [1.54, 1.807) is 0 Å². The second kappa shape index (κ2) is 10.8. The SMILES string of the molecule is C1=CC(C2(c3ccccc3)c3ccccc3-c3cc4c(cc32)c2ccccc2n4C2[NH2+]C3=C(C=CCC3)N=C2c2ccccc2)=CCC1. The average Bonchev–Trinajstić information content (AvgIpc) is 3.64. The van der Waals surface area contributed by atoms with E-state index >= 15 is 0 Å². The van der Waals surface area contributed by atoms with Crippen LogP contribution in [0, 0.1) is 0 Å². The number of rotatable bonds is 4. The molecule has 2 unspecified atom stereocenters. The van der Waals surface area contributed by atoms with E-state index in [1.807, 2.05) is 0 Å². The van der Waals surface area contributed by atoms with E-state index in [0.717, 1.165) is 37.1 Å². The molecule has 2 N–H and O–H groups in total. The fourth-order valence-electron chi connectivity index (χ4n) is 8.89. The van der Waals surface area contributed by atoms with Gasteiger partial charge >= 0.3 is 0 Å². The molecule has 230 valence electrons. The molecule has 1 aliphatic heterocycles. The van der Waals surface area contributed by atoms with Crippen LogP contribution < -0.4 is 5.32 Å². The highest BCUT2D eigenvalue weighted by Gasteiger charge is 2.47. The Balaban J connectivity index is 1.29. The van der Waals surface area contributed by atoms with Gasteiger partial charge in [0.15, 0.2) is 0 Å². The lowest BCUT2D eigenvalue weighted by molar-refractivity contribution is -0.651. The van der Waals surface area contributed by atoms with Gasteiger partial charge in [-0.25, -0.2) is 4.99 Å². The third-order valence-electron chi connectivity index (χ3n) is 10.9. The minimum absolute atomic E-state index is 0.0300. The molecule has 0 amide bonds. The summed E-state index contributed by atoms with van der Waals surface area (Å²) in [6, 6.07) is 45.1. The topological polar surface area (TPSA) is 33.9 Å². The van der Waals surface area contributed by atoms with Gasteiger partial charge in [0.25, 0.3) is 0 Å². The third kappa shape index (κ3) is 3.88. The lowest BCUT2D eigenvalue weighted by Gasteiger charge is -2.35. The fraction of sp³-hybridized carbons (Fsp3) is 0.133. The minimum atomic E-state index is -0.386. The maximum atomic E-state index is 5.40. The summed E-state index contributed by atoms with van der Waals surface area (Å²) in [5.74, 6) is 0. The molecule has 3 heteroatoms. The molecule has 3 nitrogen and oxygen atoms in total. The van der Waals surface area contributed by atoms with Gasteiger partial charge in [-0.1, -0.05) is 127 Å². The van der Waals surface area contributed by atoms with Crippen molar-refractivity contribution in [2.45, 2.75) is 37.3 Å². The number of hydrogen-bond acceptors (Lipinski definition) is 1. The minimum Gasteiger partial charge on any atom is -0.290 e. The number of allylic oxidation sites excluding steroid dienone is 7. The van der Waals surface area contributed by atoms with Crippen LogP contribution in [-0.2, 0) is 5.41 Å². The molecule has 3 aliphatic carbocycles. The molecule has 0 spiro atoms. The zero-order valence-electron chi connectivity index (χ0n) is 26.8. The Morgan fingerprint density at radius 1 is 0.646 bits per heavy atom. The molecule has 0 radical (unpaired) electrons. The number of hydrogen-bond donors (Lipinski definition) is 1. The van der Waals surface area contributed by atoms with E-state index < -0.39 is 0 Å². The van der Waals surface area contributed by atoms with Gasteiger partial charge in [0.2, 0.25) is 6.17 Å². The molecule has 0 saturated carbocycles.